The summed E-state index contributed by atoms with van der Waals surface area (Å²) in [5, 5.41) is 11.1. The van der Waals surface area contributed by atoms with Crippen LogP contribution in [0, 0.1) is 10.1 Å². The molecule has 1 atom stereocenters. The third-order valence-corrected chi connectivity index (χ3v) is 5.48. The summed E-state index contributed by atoms with van der Waals surface area (Å²) in [6.45, 7) is 0. The highest BCUT2D eigenvalue weighted by Gasteiger charge is 2.19. The van der Waals surface area contributed by atoms with E-state index in [4.69, 9.17) is 18.9 Å². The monoisotopic (exact) mass is 409 g/mol. The molecule has 0 aliphatic rings. The molecule has 0 N–H and O–H groups in total. The van der Waals surface area contributed by atoms with Crippen molar-refractivity contribution in [3.63, 3.8) is 0 Å². The quantitative estimate of drug-likeness (QED) is 0.337. The van der Waals surface area contributed by atoms with Gasteiger partial charge in [0.15, 0.2) is 5.75 Å². The van der Waals surface area contributed by atoms with Crippen LogP contribution < -0.4 is 18.9 Å². The number of hydrogen-bond acceptors (Lipinski definition) is 7. The molecule has 0 spiro atoms. The first-order valence-electron chi connectivity index (χ1n) is 8.38. The van der Waals surface area contributed by atoms with Crippen LogP contribution in [-0.4, -0.2) is 43.7 Å². The van der Waals surface area contributed by atoms with Crippen molar-refractivity contribution in [2.45, 2.75) is 12.2 Å². The largest absolute Gasteiger partial charge is 0.616 e. The molecule has 2 aromatic rings. The Labute approximate surface area is 166 Å². The minimum Gasteiger partial charge on any atom is -0.616 e. The molecule has 9 heteroatoms. The molecule has 0 saturated carbocycles. The average molecular weight is 409 g/mol. The highest BCUT2D eigenvalue weighted by molar-refractivity contribution is 7.90. The number of nitrogens with zero attached hydrogens (tertiary/aromatic N) is 1. The van der Waals surface area contributed by atoms with Crippen molar-refractivity contribution in [2.75, 3.05) is 34.2 Å². The predicted molar refractivity (Wildman–Crippen MR) is 106 cm³/mol. The van der Waals surface area contributed by atoms with E-state index in [1.165, 1.54) is 19.2 Å². The molecule has 152 valence electrons. The molecule has 2 rings (SSSR count). The van der Waals surface area contributed by atoms with E-state index in [0.717, 1.165) is 5.56 Å². The van der Waals surface area contributed by atoms with Gasteiger partial charge in [0.25, 0.3) is 0 Å². The second kappa shape index (κ2) is 10.0. The Balaban J connectivity index is 2.12. The molecule has 0 amide bonds. The highest BCUT2D eigenvalue weighted by atomic mass is 32.2. The number of nitro groups is 1. The van der Waals surface area contributed by atoms with Gasteiger partial charge < -0.3 is 23.5 Å². The van der Waals surface area contributed by atoms with Crippen LogP contribution in [0.15, 0.2) is 30.3 Å². The van der Waals surface area contributed by atoms with Gasteiger partial charge in [-0.3, -0.25) is 10.1 Å². The summed E-state index contributed by atoms with van der Waals surface area (Å²) in [6, 6.07) is 8.07. The summed E-state index contributed by atoms with van der Waals surface area (Å²) in [4.78, 5) is 10.6. The second-order valence-electron chi connectivity index (χ2n) is 5.81. The maximum Gasteiger partial charge on any atom is 0.311 e. The first-order valence-corrected chi connectivity index (χ1v) is 9.87. The Bertz CT molecular complexity index is 803. The molecule has 0 bridgehead atoms. The van der Waals surface area contributed by atoms with Crippen molar-refractivity contribution < 1.29 is 28.4 Å². The van der Waals surface area contributed by atoms with Gasteiger partial charge in [0.2, 0.25) is 0 Å². The number of hydrogen-bond donors (Lipinski definition) is 0. The summed E-state index contributed by atoms with van der Waals surface area (Å²) in [7, 11) is 6.02. The number of nitro benzene ring substituents is 1. The van der Waals surface area contributed by atoms with E-state index < -0.39 is 16.1 Å². The van der Waals surface area contributed by atoms with Crippen molar-refractivity contribution in [1.82, 2.24) is 0 Å². The lowest BCUT2D eigenvalue weighted by Gasteiger charge is -2.16. The van der Waals surface area contributed by atoms with E-state index in [-0.39, 0.29) is 17.2 Å². The molecule has 1 unspecified atom stereocenters. The molecule has 0 aliphatic carbocycles. The van der Waals surface area contributed by atoms with E-state index in [1.807, 2.05) is 0 Å². The van der Waals surface area contributed by atoms with Gasteiger partial charge >= 0.3 is 5.69 Å². The molecule has 0 aliphatic heterocycles. The van der Waals surface area contributed by atoms with Crippen LogP contribution in [0.2, 0.25) is 0 Å². The van der Waals surface area contributed by atoms with E-state index in [2.05, 4.69) is 0 Å². The van der Waals surface area contributed by atoms with Gasteiger partial charge in [0.1, 0.15) is 28.8 Å². The molecule has 0 aromatic heterocycles. The van der Waals surface area contributed by atoms with E-state index in [0.29, 0.717) is 35.0 Å². The third kappa shape index (κ3) is 5.20. The first-order chi connectivity index (χ1) is 13.4. The number of benzene rings is 2. The van der Waals surface area contributed by atoms with Gasteiger partial charge in [-0.05, 0) is 17.2 Å². The van der Waals surface area contributed by atoms with Crippen LogP contribution >= 0.6 is 0 Å². The molecule has 0 fully saturated rings. The Kier molecular flexibility index (Phi) is 7.77. The van der Waals surface area contributed by atoms with Crippen molar-refractivity contribution in [3.05, 3.63) is 51.6 Å². The van der Waals surface area contributed by atoms with Crippen molar-refractivity contribution in [1.29, 1.82) is 0 Å². The van der Waals surface area contributed by atoms with Crippen LogP contribution in [0.1, 0.15) is 11.1 Å². The smallest absolute Gasteiger partial charge is 0.311 e. The van der Waals surface area contributed by atoms with Gasteiger partial charge in [-0.15, -0.1) is 0 Å². The minimum absolute atomic E-state index is 0.143. The molecule has 2 aromatic carbocycles. The third-order valence-electron chi connectivity index (χ3n) is 4.16. The van der Waals surface area contributed by atoms with Gasteiger partial charge in [-0.2, -0.15) is 0 Å². The van der Waals surface area contributed by atoms with Crippen molar-refractivity contribution in [2.24, 2.45) is 0 Å². The summed E-state index contributed by atoms with van der Waals surface area (Å²) in [5.41, 5.74) is 1.26. The van der Waals surface area contributed by atoms with Crippen LogP contribution in [0.4, 0.5) is 5.69 Å². The zero-order chi connectivity index (χ0) is 20.7. The van der Waals surface area contributed by atoms with Gasteiger partial charge in [-0.1, -0.05) is 6.07 Å². The molecule has 0 saturated heterocycles. The first kappa shape index (κ1) is 21.6. The van der Waals surface area contributed by atoms with Crippen LogP contribution in [0.5, 0.6) is 23.0 Å². The standard InChI is InChI=1S/C19H23NO7S/c1-24-14-10-18(26-3)15(19(11-14)27-4)7-8-28(23)12-13-5-6-17(25-2)16(9-13)20(21)22/h5-6,9-11H,7-8,12H2,1-4H3. The highest BCUT2D eigenvalue weighted by Crippen LogP contribution is 2.35. The zero-order valence-corrected chi connectivity index (χ0v) is 17.0. The van der Waals surface area contributed by atoms with Crippen LogP contribution in [0.25, 0.3) is 0 Å². The van der Waals surface area contributed by atoms with Crippen LogP contribution in [0.3, 0.4) is 0 Å². The topological polar surface area (TPSA) is 103 Å². The van der Waals surface area contributed by atoms with Crippen molar-refractivity contribution in [3.8, 4) is 23.0 Å². The maximum atomic E-state index is 12.5. The number of methoxy groups -OCH3 is 4. The summed E-state index contributed by atoms with van der Waals surface area (Å²) < 4.78 is 33.6. The number of rotatable bonds is 10. The minimum atomic E-state index is -1.23. The van der Waals surface area contributed by atoms with Gasteiger partial charge in [0.05, 0.1) is 33.4 Å². The fourth-order valence-electron chi connectivity index (χ4n) is 2.77. The lowest BCUT2D eigenvalue weighted by atomic mass is 10.1. The van der Waals surface area contributed by atoms with E-state index in [9.17, 15) is 14.7 Å². The van der Waals surface area contributed by atoms with Crippen LogP contribution in [-0.2, 0) is 23.3 Å². The molecular formula is C19H23NO7S. The normalized spacial score (nSPS) is 11.6. The Morgan fingerprint density at radius 2 is 1.54 bits per heavy atom. The zero-order valence-electron chi connectivity index (χ0n) is 16.2. The fourth-order valence-corrected chi connectivity index (χ4v) is 3.89. The molecule has 0 radical (unpaired) electrons. The average Bonchev–Trinajstić information content (AvgIpc) is 2.71. The Hall–Kier alpha value is -2.65. The molecule has 0 heterocycles. The second-order valence-corrected chi connectivity index (χ2v) is 7.39. The Morgan fingerprint density at radius 3 is 2.04 bits per heavy atom. The van der Waals surface area contributed by atoms with Gasteiger partial charge in [0, 0.05) is 35.7 Å². The SMILES string of the molecule is COc1cc(OC)c(CC[S+]([O-])Cc2ccc(OC)c([N+](=O)[O-])c2)c(OC)c1. The molecule has 28 heavy (non-hydrogen) atoms. The fraction of sp³-hybridized carbons (Fsp3) is 0.368. The lowest BCUT2D eigenvalue weighted by Crippen LogP contribution is -2.13. The van der Waals surface area contributed by atoms with E-state index in [1.54, 1.807) is 39.5 Å². The lowest BCUT2D eigenvalue weighted by molar-refractivity contribution is -0.385. The Morgan fingerprint density at radius 1 is 0.929 bits per heavy atom. The summed E-state index contributed by atoms with van der Waals surface area (Å²) >= 11 is -1.23. The van der Waals surface area contributed by atoms with Crippen molar-refractivity contribution >= 4 is 16.9 Å². The predicted octanol–water partition coefficient (Wildman–Crippen LogP) is 3.12. The summed E-state index contributed by atoms with van der Waals surface area (Å²) in [5.74, 6) is 2.50. The molecular weight excluding hydrogens is 386 g/mol. The maximum absolute atomic E-state index is 12.5. The number of ether oxygens (including phenoxy) is 4. The summed E-state index contributed by atoms with van der Waals surface area (Å²) in [6.07, 6.45) is 0.460. The van der Waals surface area contributed by atoms with Gasteiger partial charge in [-0.25, -0.2) is 0 Å². The molecule has 8 nitrogen and oxygen atoms in total. The van der Waals surface area contributed by atoms with E-state index >= 15 is 0 Å².